The van der Waals surface area contributed by atoms with Crippen LogP contribution in [0.25, 0.3) is 0 Å². The van der Waals surface area contributed by atoms with Crippen molar-refractivity contribution >= 4 is 17.6 Å². The van der Waals surface area contributed by atoms with Crippen LogP contribution in [0.3, 0.4) is 0 Å². The molecule has 0 aromatic carbocycles. The van der Waals surface area contributed by atoms with Gasteiger partial charge in [-0.3, -0.25) is 4.79 Å². The van der Waals surface area contributed by atoms with E-state index in [-0.39, 0.29) is 11.9 Å². The van der Waals surface area contributed by atoms with E-state index in [1.54, 1.807) is 0 Å². The first-order chi connectivity index (χ1) is 4.22. The fraction of sp³-hybridized carbons (Fsp3) is 0.500. The minimum atomic E-state index is -0.258. The van der Waals surface area contributed by atoms with Crippen LogP contribution in [-0.2, 0) is 9.53 Å². The predicted molar refractivity (Wildman–Crippen MR) is 34.1 cm³/mol. The second kappa shape index (κ2) is 2.40. The number of carbonyl (C=O) groups is 1. The lowest BCUT2D eigenvalue weighted by atomic mass is 10.1. The molecule has 1 heterocycles. The first kappa shape index (κ1) is 6.62. The molecule has 0 spiro atoms. The maximum atomic E-state index is 10.6. The zero-order valence-electron chi connectivity index (χ0n) is 4.89. The molecule has 1 aliphatic rings. The normalized spacial score (nSPS) is 25.9. The highest BCUT2D eigenvalue weighted by molar-refractivity contribution is 6.30. The molecule has 1 saturated heterocycles. The monoisotopic (exact) mass is 146 g/mol. The number of rotatable bonds is 1. The second-order valence-corrected chi connectivity index (χ2v) is 2.44. The van der Waals surface area contributed by atoms with Crippen molar-refractivity contribution in [3.8, 4) is 0 Å². The van der Waals surface area contributed by atoms with Gasteiger partial charge in [0.2, 0.25) is 0 Å². The van der Waals surface area contributed by atoms with Gasteiger partial charge in [-0.1, -0.05) is 18.2 Å². The minimum Gasteiger partial charge on any atom is -0.465 e. The van der Waals surface area contributed by atoms with Gasteiger partial charge in [0.15, 0.2) is 0 Å². The number of esters is 1. The predicted octanol–water partition coefficient (Wildman–Crippen LogP) is 1.30. The number of carbonyl (C=O) groups excluding carboxylic acids is 1. The average Bonchev–Trinajstić information content (AvgIpc) is 2.13. The summed E-state index contributed by atoms with van der Waals surface area (Å²) in [6, 6.07) is 0. The number of hydrogen-bond acceptors (Lipinski definition) is 2. The lowest BCUT2D eigenvalue weighted by Crippen LogP contribution is -2.06. The molecule has 1 fully saturated rings. The van der Waals surface area contributed by atoms with E-state index in [2.05, 4.69) is 11.3 Å². The molecule has 0 aliphatic carbocycles. The summed E-state index contributed by atoms with van der Waals surface area (Å²) in [5.74, 6) is -0.498. The molecule has 0 N–H and O–H groups in total. The summed E-state index contributed by atoms with van der Waals surface area (Å²) < 4.78 is 4.64. The van der Waals surface area contributed by atoms with Crippen molar-refractivity contribution in [3.05, 3.63) is 11.6 Å². The summed E-state index contributed by atoms with van der Waals surface area (Å²) in [5.41, 5.74) is 0. The maximum absolute atomic E-state index is 10.6. The number of ether oxygens (including phenoxy) is 1. The van der Waals surface area contributed by atoms with Gasteiger partial charge in [-0.15, -0.1) is 0 Å². The van der Waals surface area contributed by atoms with Gasteiger partial charge in [0.1, 0.15) is 0 Å². The molecule has 0 amide bonds. The van der Waals surface area contributed by atoms with Crippen molar-refractivity contribution in [2.24, 2.45) is 5.92 Å². The van der Waals surface area contributed by atoms with Crippen molar-refractivity contribution < 1.29 is 9.53 Å². The Bertz CT molecular complexity index is 153. The Labute approximate surface area is 58.4 Å². The summed E-state index contributed by atoms with van der Waals surface area (Å²) in [7, 11) is 0. The minimum absolute atomic E-state index is 0.241. The third-order valence-corrected chi connectivity index (χ3v) is 1.58. The van der Waals surface area contributed by atoms with Crippen LogP contribution >= 0.6 is 11.6 Å². The van der Waals surface area contributed by atoms with Crippen LogP contribution in [0.4, 0.5) is 0 Å². The van der Waals surface area contributed by atoms with Gasteiger partial charge in [0.25, 0.3) is 0 Å². The largest absolute Gasteiger partial charge is 0.465 e. The molecule has 50 valence electrons. The van der Waals surface area contributed by atoms with E-state index >= 15 is 0 Å². The Morgan fingerprint density at radius 3 is 2.78 bits per heavy atom. The summed E-state index contributed by atoms with van der Waals surface area (Å²) in [4.78, 5) is 10.6. The number of halogens is 1. The van der Waals surface area contributed by atoms with Gasteiger partial charge >= 0.3 is 5.97 Å². The quantitative estimate of drug-likeness (QED) is 0.522. The molecular formula is C6H7ClO2. The maximum Gasteiger partial charge on any atom is 0.314 e. The number of cyclic esters (lactones) is 1. The van der Waals surface area contributed by atoms with E-state index < -0.39 is 0 Å². The van der Waals surface area contributed by atoms with Crippen LogP contribution < -0.4 is 0 Å². The van der Waals surface area contributed by atoms with Crippen molar-refractivity contribution in [2.45, 2.75) is 6.42 Å². The molecule has 1 rings (SSSR count). The first-order valence-electron chi connectivity index (χ1n) is 2.73. The highest BCUT2D eigenvalue weighted by Gasteiger charge is 2.27. The highest BCUT2D eigenvalue weighted by Crippen LogP contribution is 2.23. The molecule has 1 aliphatic heterocycles. The number of hydrogen-bond donors (Lipinski definition) is 0. The van der Waals surface area contributed by atoms with E-state index in [1.165, 1.54) is 0 Å². The lowest BCUT2D eigenvalue weighted by Gasteiger charge is -1.98. The molecule has 2 nitrogen and oxygen atoms in total. The fourth-order valence-electron chi connectivity index (χ4n) is 0.780. The van der Waals surface area contributed by atoms with Gasteiger partial charge in [0.05, 0.1) is 12.5 Å². The molecule has 0 saturated carbocycles. The van der Waals surface area contributed by atoms with Gasteiger partial charge in [-0.25, -0.2) is 0 Å². The van der Waals surface area contributed by atoms with E-state index in [4.69, 9.17) is 11.6 Å². The van der Waals surface area contributed by atoms with Crippen LogP contribution in [0.15, 0.2) is 11.6 Å². The van der Waals surface area contributed by atoms with E-state index in [0.29, 0.717) is 18.1 Å². The Kier molecular flexibility index (Phi) is 1.76. The summed E-state index contributed by atoms with van der Waals surface area (Å²) >= 11 is 5.48. The molecule has 1 atom stereocenters. The molecule has 3 heteroatoms. The summed E-state index contributed by atoms with van der Waals surface area (Å²) in [5, 5.41) is 0.387. The summed E-state index contributed by atoms with van der Waals surface area (Å²) in [6.45, 7) is 3.93. The Hall–Kier alpha value is -0.500. The fourth-order valence-corrected chi connectivity index (χ4v) is 0.979. The van der Waals surface area contributed by atoms with Crippen LogP contribution in [0.5, 0.6) is 0 Å². The van der Waals surface area contributed by atoms with Crippen LogP contribution in [0.1, 0.15) is 6.42 Å². The van der Waals surface area contributed by atoms with Crippen molar-refractivity contribution in [1.29, 1.82) is 0 Å². The zero-order valence-corrected chi connectivity index (χ0v) is 5.65. The van der Waals surface area contributed by atoms with Gasteiger partial charge in [-0.05, 0) is 6.42 Å². The van der Waals surface area contributed by atoms with E-state index in [1.807, 2.05) is 0 Å². The highest BCUT2D eigenvalue weighted by atomic mass is 35.5. The van der Waals surface area contributed by atoms with E-state index in [0.717, 1.165) is 0 Å². The molecule has 0 radical (unpaired) electrons. The third-order valence-electron chi connectivity index (χ3n) is 1.31. The van der Waals surface area contributed by atoms with Crippen molar-refractivity contribution in [1.82, 2.24) is 0 Å². The van der Waals surface area contributed by atoms with Gasteiger partial charge < -0.3 is 4.74 Å². The van der Waals surface area contributed by atoms with E-state index in [9.17, 15) is 4.79 Å². The van der Waals surface area contributed by atoms with Crippen LogP contribution in [-0.4, -0.2) is 12.6 Å². The van der Waals surface area contributed by atoms with Gasteiger partial charge in [0, 0.05) is 5.03 Å². The molecule has 1 unspecified atom stereocenters. The standard InChI is InChI=1S/C6H7ClO2/c1-4(7)5-2-3-9-6(5)8/h5H,1-3H2. The molecule has 0 aromatic heterocycles. The SMILES string of the molecule is C=C(Cl)C1CCOC1=O. The second-order valence-electron chi connectivity index (χ2n) is 1.96. The van der Waals surface area contributed by atoms with Crippen molar-refractivity contribution in [2.75, 3.05) is 6.61 Å². The third kappa shape index (κ3) is 1.24. The Morgan fingerprint density at radius 1 is 1.89 bits per heavy atom. The molecule has 0 bridgehead atoms. The first-order valence-corrected chi connectivity index (χ1v) is 3.10. The summed E-state index contributed by atoms with van der Waals surface area (Å²) in [6.07, 6.45) is 0.682. The Morgan fingerprint density at radius 2 is 2.56 bits per heavy atom. The molecule has 0 aromatic rings. The zero-order chi connectivity index (χ0) is 6.85. The Balaban J connectivity index is 2.60. The van der Waals surface area contributed by atoms with Crippen molar-refractivity contribution in [3.63, 3.8) is 0 Å². The average molecular weight is 147 g/mol. The molecule has 9 heavy (non-hydrogen) atoms. The molecular weight excluding hydrogens is 140 g/mol. The van der Waals surface area contributed by atoms with Crippen LogP contribution in [0.2, 0.25) is 0 Å². The topological polar surface area (TPSA) is 26.3 Å². The van der Waals surface area contributed by atoms with Gasteiger partial charge in [-0.2, -0.15) is 0 Å². The lowest BCUT2D eigenvalue weighted by molar-refractivity contribution is -0.140. The smallest absolute Gasteiger partial charge is 0.314 e. The van der Waals surface area contributed by atoms with Crippen LogP contribution in [0, 0.1) is 5.92 Å².